The molecule has 0 aromatic heterocycles. The Bertz CT molecular complexity index is 270. The Hall–Kier alpha value is -1.06. The Kier molecular flexibility index (Phi) is 6.76. The SMILES string of the molecule is CCCCC(NC(=O)C1CCCCCC1)C(=O)O. The molecule has 18 heavy (non-hydrogen) atoms. The molecule has 1 amide bonds. The van der Waals surface area contributed by atoms with Gasteiger partial charge in [-0.05, 0) is 19.3 Å². The van der Waals surface area contributed by atoms with Crippen molar-refractivity contribution in [3.05, 3.63) is 0 Å². The first kappa shape index (κ1) is 15.0. The van der Waals surface area contributed by atoms with Crippen molar-refractivity contribution in [3.8, 4) is 0 Å². The number of nitrogens with one attached hydrogen (secondary N) is 1. The van der Waals surface area contributed by atoms with Crippen molar-refractivity contribution in [1.82, 2.24) is 5.32 Å². The Morgan fingerprint density at radius 2 is 1.83 bits per heavy atom. The lowest BCUT2D eigenvalue weighted by molar-refractivity contribution is -0.142. The van der Waals surface area contributed by atoms with Crippen molar-refractivity contribution in [2.75, 3.05) is 0 Å². The summed E-state index contributed by atoms with van der Waals surface area (Å²) in [7, 11) is 0. The molecule has 0 bridgehead atoms. The van der Waals surface area contributed by atoms with E-state index in [4.69, 9.17) is 5.11 Å². The number of carboxylic acid groups (broad SMARTS) is 1. The van der Waals surface area contributed by atoms with Gasteiger partial charge in [-0.1, -0.05) is 45.4 Å². The van der Waals surface area contributed by atoms with Crippen LogP contribution in [0.2, 0.25) is 0 Å². The zero-order valence-corrected chi connectivity index (χ0v) is 11.3. The lowest BCUT2D eigenvalue weighted by atomic mass is 9.98. The number of carboxylic acids is 1. The van der Waals surface area contributed by atoms with Crippen LogP contribution >= 0.6 is 0 Å². The van der Waals surface area contributed by atoms with Crippen LogP contribution in [0.15, 0.2) is 0 Å². The highest BCUT2D eigenvalue weighted by Gasteiger charge is 2.25. The summed E-state index contributed by atoms with van der Waals surface area (Å²) in [6, 6.07) is -0.708. The van der Waals surface area contributed by atoms with Gasteiger partial charge in [0.15, 0.2) is 0 Å². The summed E-state index contributed by atoms with van der Waals surface area (Å²) in [5.74, 6) is -0.943. The van der Waals surface area contributed by atoms with Gasteiger partial charge < -0.3 is 10.4 Å². The summed E-state index contributed by atoms with van der Waals surface area (Å²) in [5, 5.41) is 11.8. The molecule has 1 aliphatic carbocycles. The fourth-order valence-corrected chi connectivity index (χ4v) is 2.50. The number of aliphatic carboxylic acids is 1. The summed E-state index contributed by atoms with van der Waals surface area (Å²) in [6.45, 7) is 2.02. The Labute approximate surface area is 109 Å². The van der Waals surface area contributed by atoms with E-state index in [0.717, 1.165) is 38.5 Å². The van der Waals surface area contributed by atoms with Gasteiger partial charge in [-0.2, -0.15) is 0 Å². The monoisotopic (exact) mass is 255 g/mol. The highest BCUT2D eigenvalue weighted by Crippen LogP contribution is 2.23. The van der Waals surface area contributed by atoms with Gasteiger partial charge in [0, 0.05) is 5.92 Å². The predicted octanol–water partition coefficient (Wildman–Crippen LogP) is 2.72. The van der Waals surface area contributed by atoms with Crippen LogP contribution in [-0.2, 0) is 9.59 Å². The van der Waals surface area contributed by atoms with E-state index in [0.29, 0.717) is 6.42 Å². The van der Waals surface area contributed by atoms with Crippen LogP contribution in [0.1, 0.15) is 64.7 Å². The van der Waals surface area contributed by atoms with Gasteiger partial charge in [0.2, 0.25) is 5.91 Å². The Balaban J connectivity index is 2.45. The normalized spacial score (nSPS) is 18.9. The molecule has 4 nitrogen and oxygen atoms in total. The van der Waals surface area contributed by atoms with Gasteiger partial charge in [-0.15, -0.1) is 0 Å². The first-order chi connectivity index (χ1) is 8.65. The predicted molar refractivity (Wildman–Crippen MR) is 70.3 cm³/mol. The van der Waals surface area contributed by atoms with Crippen LogP contribution in [0.25, 0.3) is 0 Å². The van der Waals surface area contributed by atoms with Gasteiger partial charge in [0.25, 0.3) is 0 Å². The second-order valence-electron chi connectivity index (χ2n) is 5.23. The van der Waals surface area contributed by atoms with Crippen LogP contribution in [-0.4, -0.2) is 23.0 Å². The molecular weight excluding hydrogens is 230 g/mol. The molecule has 1 unspecified atom stereocenters. The van der Waals surface area contributed by atoms with Crippen LogP contribution in [0.4, 0.5) is 0 Å². The van der Waals surface area contributed by atoms with E-state index in [1.54, 1.807) is 0 Å². The summed E-state index contributed by atoms with van der Waals surface area (Å²) in [6.07, 6.45) is 8.70. The molecular formula is C14H25NO3. The maximum absolute atomic E-state index is 12.1. The molecule has 1 rings (SSSR count). The quantitative estimate of drug-likeness (QED) is 0.717. The number of hydrogen-bond donors (Lipinski definition) is 2. The third kappa shape index (κ3) is 5.07. The standard InChI is InChI=1S/C14H25NO3/c1-2-3-10-12(14(17)18)15-13(16)11-8-6-4-5-7-9-11/h11-12H,2-10H2,1H3,(H,15,16)(H,17,18). The third-order valence-corrected chi connectivity index (χ3v) is 3.69. The van der Waals surface area contributed by atoms with Gasteiger partial charge in [0.05, 0.1) is 0 Å². The molecule has 0 aliphatic heterocycles. The zero-order valence-electron chi connectivity index (χ0n) is 11.3. The van der Waals surface area contributed by atoms with E-state index in [1.807, 2.05) is 6.92 Å². The van der Waals surface area contributed by atoms with Crippen LogP contribution < -0.4 is 5.32 Å². The van der Waals surface area contributed by atoms with Gasteiger partial charge >= 0.3 is 5.97 Å². The van der Waals surface area contributed by atoms with Crippen molar-refractivity contribution < 1.29 is 14.7 Å². The molecule has 2 N–H and O–H groups in total. The zero-order chi connectivity index (χ0) is 13.4. The average Bonchev–Trinajstić information content (AvgIpc) is 2.62. The number of amides is 1. The van der Waals surface area contributed by atoms with E-state index in [2.05, 4.69) is 5.32 Å². The number of carbonyl (C=O) groups is 2. The summed E-state index contributed by atoms with van der Waals surface area (Å²) in [5.41, 5.74) is 0. The topological polar surface area (TPSA) is 66.4 Å². The number of hydrogen-bond acceptors (Lipinski definition) is 2. The molecule has 104 valence electrons. The molecule has 4 heteroatoms. The lowest BCUT2D eigenvalue weighted by Gasteiger charge is -2.19. The van der Waals surface area contributed by atoms with Crippen LogP contribution in [0.3, 0.4) is 0 Å². The van der Waals surface area contributed by atoms with E-state index in [1.165, 1.54) is 12.8 Å². The Morgan fingerprint density at radius 1 is 1.22 bits per heavy atom. The van der Waals surface area contributed by atoms with Crippen molar-refractivity contribution in [2.45, 2.75) is 70.8 Å². The molecule has 0 radical (unpaired) electrons. The maximum Gasteiger partial charge on any atom is 0.326 e. The first-order valence-corrected chi connectivity index (χ1v) is 7.18. The summed E-state index contributed by atoms with van der Waals surface area (Å²) in [4.78, 5) is 23.1. The average molecular weight is 255 g/mol. The minimum Gasteiger partial charge on any atom is -0.480 e. The molecule has 0 saturated heterocycles. The smallest absolute Gasteiger partial charge is 0.326 e. The van der Waals surface area contributed by atoms with Gasteiger partial charge in [-0.3, -0.25) is 4.79 Å². The fourth-order valence-electron chi connectivity index (χ4n) is 2.50. The summed E-state index contributed by atoms with van der Waals surface area (Å²) < 4.78 is 0. The van der Waals surface area contributed by atoms with E-state index >= 15 is 0 Å². The summed E-state index contributed by atoms with van der Waals surface area (Å²) >= 11 is 0. The minimum atomic E-state index is -0.912. The number of carbonyl (C=O) groups excluding carboxylic acids is 1. The van der Waals surface area contributed by atoms with Crippen LogP contribution in [0, 0.1) is 5.92 Å². The van der Waals surface area contributed by atoms with E-state index in [-0.39, 0.29) is 11.8 Å². The molecule has 1 aliphatic rings. The van der Waals surface area contributed by atoms with Crippen molar-refractivity contribution in [3.63, 3.8) is 0 Å². The highest BCUT2D eigenvalue weighted by atomic mass is 16.4. The van der Waals surface area contributed by atoms with Crippen molar-refractivity contribution >= 4 is 11.9 Å². The largest absolute Gasteiger partial charge is 0.480 e. The van der Waals surface area contributed by atoms with E-state index < -0.39 is 12.0 Å². The van der Waals surface area contributed by atoms with Crippen molar-refractivity contribution in [1.29, 1.82) is 0 Å². The molecule has 1 fully saturated rings. The molecule has 1 atom stereocenters. The van der Waals surface area contributed by atoms with E-state index in [9.17, 15) is 9.59 Å². The number of rotatable bonds is 6. The Morgan fingerprint density at radius 3 is 2.33 bits per heavy atom. The lowest BCUT2D eigenvalue weighted by Crippen LogP contribution is -2.43. The van der Waals surface area contributed by atoms with Gasteiger partial charge in [-0.25, -0.2) is 4.79 Å². The fraction of sp³-hybridized carbons (Fsp3) is 0.857. The van der Waals surface area contributed by atoms with Crippen molar-refractivity contribution in [2.24, 2.45) is 5.92 Å². The second-order valence-corrected chi connectivity index (χ2v) is 5.23. The number of unbranched alkanes of at least 4 members (excludes halogenated alkanes) is 1. The molecule has 0 aromatic carbocycles. The maximum atomic E-state index is 12.1. The van der Waals surface area contributed by atoms with Gasteiger partial charge in [0.1, 0.15) is 6.04 Å². The first-order valence-electron chi connectivity index (χ1n) is 7.18. The molecule has 0 heterocycles. The second kappa shape index (κ2) is 8.11. The van der Waals surface area contributed by atoms with Crippen LogP contribution in [0.5, 0.6) is 0 Å². The molecule has 0 aromatic rings. The third-order valence-electron chi connectivity index (χ3n) is 3.69. The minimum absolute atomic E-state index is 0.0241. The highest BCUT2D eigenvalue weighted by molar-refractivity contribution is 5.84. The molecule has 0 spiro atoms. The molecule has 1 saturated carbocycles.